The Hall–Kier alpha value is -6.93. The fraction of sp³-hybridized carbons (Fsp3) is 0.405. The van der Waals surface area contributed by atoms with Crippen molar-refractivity contribution in [1.29, 1.82) is 0 Å². The van der Waals surface area contributed by atoms with Crippen molar-refractivity contribution in [2.75, 3.05) is 85.5 Å². The Labute approximate surface area is 354 Å². The number of pyridine rings is 2. The van der Waals surface area contributed by atoms with Crippen LogP contribution in [-0.4, -0.2) is 141 Å². The van der Waals surface area contributed by atoms with Gasteiger partial charge in [-0.1, -0.05) is 0 Å². The summed E-state index contributed by atoms with van der Waals surface area (Å²) in [6.45, 7) is 8.36. The fourth-order valence-electron chi connectivity index (χ4n) is 8.86. The van der Waals surface area contributed by atoms with Crippen LogP contribution in [0.3, 0.4) is 0 Å². The molecule has 3 N–H and O–H groups in total. The maximum absolute atomic E-state index is 13.5. The standard InChI is InChI=1S/C42H44N12O8/c1-24-18-26(4-9-43-24)38-45-32(23-61-38)37(57)44-31-20-33-35(47-36(31)52-12-7-28(55)22-52)48-42(62-33)51-16-14-49(15-17-51)21-25-5-10-50(11-6-25)27-2-3-29-30(19-27)40(59)54(39(29)58)53-13-8-34(56)46-41(53)60/h2-4,9,18-20,23,25,28,55H,5-8,10-17,21-22H2,1H3,(H,44,57)(H,46,56,60)/t28-/m1/s1. The number of carbonyl (C=O) groups is 5. The molecule has 0 bridgehead atoms. The highest BCUT2D eigenvalue weighted by molar-refractivity contribution is 6.22. The van der Waals surface area contributed by atoms with Crippen LogP contribution in [0.25, 0.3) is 22.7 Å². The number of hydrazine groups is 1. The Morgan fingerprint density at radius 1 is 0.871 bits per heavy atom. The second-order valence-corrected chi connectivity index (χ2v) is 16.3. The van der Waals surface area contributed by atoms with E-state index in [1.54, 1.807) is 30.5 Å². The van der Waals surface area contributed by atoms with Gasteiger partial charge in [0, 0.05) is 94.5 Å². The molecule has 4 fully saturated rings. The quantitative estimate of drug-likeness (QED) is 0.181. The van der Waals surface area contributed by atoms with Crippen LogP contribution in [0, 0.1) is 12.8 Å². The molecule has 20 heteroatoms. The number of nitrogens with one attached hydrogen (secondary N) is 2. The van der Waals surface area contributed by atoms with Gasteiger partial charge in [-0.3, -0.25) is 34.4 Å². The van der Waals surface area contributed by atoms with Crippen LogP contribution < -0.4 is 25.3 Å². The van der Waals surface area contributed by atoms with Crippen LogP contribution in [0.5, 0.6) is 0 Å². The number of oxazole rings is 2. The number of fused-ring (bicyclic) bond motifs is 2. The van der Waals surface area contributed by atoms with Gasteiger partial charge in [-0.15, -0.1) is 0 Å². The van der Waals surface area contributed by atoms with Gasteiger partial charge in [0.25, 0.3) is 23.7 Å². The van der Waals surface area contributed by atoms with Crippen LogP contribution in [0.2, 0.25) is 0 Å². The Kier molecular flexibility index (Phi) is 10.0. The summed E-state index contributed by atoms with van der Waals surface area (Å²) in [4.78, 5) is 90.9. The number of aliphatic hydroxyl groups is 1. The summed E-state index contributed by atoms with van der Waals surface area (Å²) in [5.74, 6) is -0.800. The lowest BCUT2D eigenvalue weighted by Crippen LogP contribution is -2.58. The number of aromatic nitrogens is 4. The number of β-amino-alcohol motifs (C(OH)–C–C–N with tert-alkyl or cyclic N) is 1. The van der Waals surface area contributed by atoms with E-state index >= 15 is 0 Å². The zero-order chi connectivity index (χ0) is 42.6. The normalized spacial score (nSPS) is 20.2. The van der Waals surface area contributed by atoms with Crippen molar-refractivity contribution in [3.05, 3.63) is 71.4 Å². The number of urea groups is 1. The van der Waals surface area contributed by atoms with Gasteiger partial charge < -0.3 is 34.0 Å². The number of hydrogen-bond acceptors (Lipinski definition) is 16. The molecule has 5 aromatic rings. The van der Waals surface area contributed by atoms with Crippen molar-refractivity contribution in [2.24, 2.45) is 5.92 Å². The third-order valence-electron chi connectivity index (χ3n) is 12.2. The lowest BCUT2D eigenvalue weighted by molar-refractivity contribution is -0.122. The first kappa shape index (κ1) is 39.2. The number of piperazine rings is 1. The van der Waals surface area contributed by atoms with Crippen molar-refractivity contribution < 1.29 is 37.9 Å². The number of nitrogens with zero attached hydrogens (tertiary/aromatic N) is 10. The van der Waals surface area contributed by atoms with Crippen molar-refractivity contribution in [3.8, 4) is 11.5 Å². The number of amides is 6. The van der Waals surface area contributed by atoms with Crippen molar-refractivity contribution in [1.82, 2.24) is 40.2 Å². The van der Waals surface area contributed by atoms with Gasteiger partial charge in [-0.05, 0) is 62.4 Å². The van der Waals surface area contributed by atoms with Crippen LogP contribution in [0.1, 0.15) is 62.6 Å². The van der Waals surface area contributed by atoms with Gasteiger partial charge in [0.15, 0.2) is 17.1 Å². The molecular weight excluding hydrogens is 801 g/mol. The van der Waals surface area contributed by atoms with Gasteiger partial charge in [0.05, 0.1) is 29.5 Å². The summed E-state index contributed by atoms with van der Waals surface area (Å²) in [5.41, 5.74) is 4.18. The number of benzene rings is 1. The first-order chi connectivity index (χ1) is 30.0. The minimum Gasteiger partial charge on any atom is -0.444 e. The van der Waals surface area contributed by atoms with Crippen LogP contribution in [0.4, 0.5) is 28.0 Å². The van der Waals surface area contributed by atoms with Gasteiger partial charge in [0.2, 0.25) is 17.4 Å². The number of aliphatic hydroxyl groups excluding tert-OH is 1. The van der Waals surface area contributed by atoms with Crippen LogP contribution in [0.15, 0.2) is 57.7 Å². The Balaban J connectivity index is 0.755. The first-order valence-corrected chi connectivity index (χ1v) is 20.9. The Morgan fingerprint density at radius 2 is 1.66 bits per heavy atom. The number of piperidine rings is 1. The molecule has 0 unspecified atom stereocenters. The zero-order valence-corrected chi connectivity index (χ0v) is 34.0. The molecule has 0 spiro atoms. The molecule has 62 heavy (non-hydrogen) atoms. The minimum atomic E-state index is -0.785. The second-order valence-electron chi connectivity index (χ2n) is 16.3. The maximum Gasteiger partial charge on any atom is 0.343 e. The van der Waals surface area contributed by atoms with E-state index < -0.39 is 35.8 Å². The molecule has 0 saturated carbocycles. The number of carbonyl (C=O) groups excluding carboxylic acids is 5. The van der Waals surface area contributed by atoms with Crippen molar-refractivity contribution in [3.63, 3.8) is 0 Å². The Morgan fingerprint density at radius 3 is 2.42 bits per heavy atom. The molecule has 0 aliphatic carbocycles. The molecule has 4 aromatic heterocycles. The van der Waals surface area contributed by atoms with E-state index in [2.05, 4.69) is 35.3 Å². The zero-order valence-electron chi connectivity index (χ0n) is 34.0. The maximum atomic E-state index is 13.5. The molecule has 1 atom stereocenters. The number of imide groups is 2. The fourth-order valence-corrected chi connectivity index (χ4v) is 8.86. The number of anilines is 4. The SMILES string of the molecule is Cc1cc(-c2nc(C(=O)Nc3cc4oc(N5CCN(CC6CCN(c7ccc8c(c7)C(=O)N(N7CCC(=O)NC7=O)C8=O)CC6)CC5)nc4nc3N3CC[C@@H](O)C3)co2)ccn1. The first-order valence-electron chi connectivity index (χ1n) is 20.9. The molecule has 0 radical (unpaired) electrons. The molecule has 5 aliphatic heterocycles. The average molecular weight is 845 g/mol. The van der Waals surface area contributed by atoms with E-state index in [-0.39, 0.29) is 29.8 Å². The molecule has 20 nitrogen and oxygen atoms in total. The monoisotopic (exact) mass is 844 g/mol. The summed E-state index contributed by atoms with van der Waals surface area (Å²) in [6, 6.07) is 10.2. The number of hydrogen-bond donors (Lipinski definition) is 3. The van der Waals surface area contributed by atoms with Gasteiger partial charge >= 0.3 is 6.03 Å². The van der Waals surface area contributed by atoms with Crippen molar-refractivity contribution >= 4 is 64.1 Å². The van der Waals surface area contributed by atoms with E-state index in [0.717, 1.165) is 67.0 Å². The average Bonchev–Trinajstić information content (AvgIpc) is 4.08. The molecule has 9 heterocycles. The van der Waals surface area contributed by atoms with E-state index in [0.29, 0.717) is 78.7 Å². The van der Waals surface area contributed by atoms with E-state index in [1.807, 2.05) is 24.0 Å². The summed E-state index contributed by atoms with van der Waals surface area (Å²) < 4.78 is 11.9. The van der Waals surface area contributed by atoms with E-state index in [9.17, 15) is 29.1 Å². The molecule has 10 rings (SSSR count). The summed E-state index contributed by atoms with van der Waals surface area (Å²) >= 11 is 0. The lowest BCUT2D eigenvalue weighted by atomic mass is 9.95. The predicted molar refractivity (Wildman–Crippen MR) is 222 cm³/mol. The lowest BCUT2D eigenvalue weighted by Gasteiger charge is -2.39. The topological polar surface area (TPSA) is 227 Å². The van der Waals surface area contributed by atoms with E-state index in [1.165, 1.54) is 6.26 Å². The third kappa shape index (κ3) is 7.44. The summed E-state index contributed by atoms with van der Waals surface area (Å²) in [5, 5.41) is 17.3. The molecule has 6 amide bonds. The molecular formula is C42H44N12O8. The largest absolute Gasteiger partial charge is 0.444 e. The van der Waals surface area contributed by atoms with Crippen LogP contribution >= 0.6 is 0 Å². The van der Waals surface area contributed by atoms with Gasteiger partial charge in [0.1, 0.15) is 6.26 Å². The van der Waals surface area contributed by atoms with Gasteiger partial charge in [-0.2, -0.15) is 9.99 Å². The minimum absolute atomic E-state index is 0.00562. The summed E-state index contributed by atoms with van der Waals surface area (Å²) in [6.07, 6.45) is 4.96. The highest BCUT2D eigenvalue weighted by Crippen LogP contribution is 2.35. The van der Waals surface area contributed by atoms with E-state index in [4.69, 9.17) is 18.8 Å². The van der Waals surface area contributed by atoms with Crippen molar-refractivity contribution in [2.45, 2.75) is 38.7 Å². The van der Waals surface area contributed by atoms with Gasteiger partial charge in [-0.25, -0.2) is 19.8 Å². The molecule has 320 valence electrons. The molecule has 5 aliphatic rings. The number of rotatable bonds is 9. The number of aryl methyl sites for hydroxylation is 1. The summed E-state index contributed by atoms with van der Waals surface area (Å²) in [7, 11) is 0. The highest BCUT2D eigenvalue weighted by atomic mass is 16.4. The van der Waals surface area contributed by atoms with Crippen LogP contribution in [-0.2, 0) is 4.79 Å². The second kappa shape index (κ2) is 15.8. The predicted octanol–water partition coefficient (Wildman–Crippen LogP) is 2.90. The molecule has 4 saturated heterocycles. The Bertz CT molecular complexity index is 2610. The molecule has 1 aromatic carbocycles. The smallest absolute Gasteiger partial charge is 0.343 e. The third-order valence-corrected chi connectivity index (χ3v) is 12.2. The highest BCUT2D eigenvalue weighted by Gasteiger charge is 2.43.